The predicted molar refractivity (Wildman–Crippen MR) is 72.2 cm³/mol. The first-order chi connectivity index (χ1) is 8.97. The molecule has 5 heteroatoms. The third-order valence-corrected chi connectivity index (χ3v) is 2.78. The third kappa shape index (κ3) is 2.93. The van der Waals surface area contributed by atoms with E-state index in [4.69, 9.17) is 5.11 Å². The molecule has 0 atom stereocenters. The Morgan fingerprint density at radius 2 is 2.05 bits per heavy atom. The summed E-state index contributed by atoms with van der Waals surface area (Å²) >= 11 is 0. The summed E-state index contributed by atoms with van der Waals surface area (Å²) in [5, 5.41) is 12.7. The normalized spacial score (nSPS) is 10.9. The second-order valence-corrected chi connectivity index (χ2v) is 4.74. The van der Waals surface area contributed by atoms with Gasteiger partial charge in [0.05, 0.1) is 5.56 Å². The number of benzene rings is 1. The fraction of sp³-hybridized carbons (Fsp3) is 0.286. The highest BCUT2D eigenvalue weighted by Crippen LogP contribution is 2.17. The summed E-state index contributed by atoms with van der Waals surface area (Å²) in [5.74, 6) is -1.06. The lowest BCUT2D eigenvalue weighted by Crippen LogP contribution is -2.32. The number of aromatic carboxylic acids is 1. The molecule has 19 heavy (non-hydrogen) atoms. The predicted octanol–water partition coefficient (Wildman–Crippen LogP) is 1.86. The van der Waals surface area contributed by atoms with Gasteiger partial charge < -0.3 is 15.0 Å². The maximum atomic E-state index is 11.7. The molecule has 1 aromatic carbocycles. The van der Waals surface area contributed by atoms with E-state index in [0.717, 1.165) is 10.9 Å². The number of carbonyl (C=O) groups excluding carboxylic acids is 1. The average Bonchev–Trinajstić information content (AvgIpc) is 2.70. The first-order valence-corrected chi connectivity index (χ1v) is 6.09. The summed E-state index contributed by atoms with van der Waals surface area (Å²) in [5.41, 5.74) is 0.968. The zero-order chi connectivity index (χ0) is 14.0. The van der Waals surface area contributed by atoms with Gasteiger partial charge in [0, 0.05) is 17.8 Å². The van der Waals surface area contributed by atoms with Crippen molar-refractivity contribution >= 4 is 22.8 Å². The molecule has 0 spiro atoms. The van der Waals surface area contributed by atoms with Crippen LogP contribution in [0, 0.1) is 0 Å². The van der Waals surface area contributed by atoms with Gasteiger partial charge in [-0.3, -0.25) is 4.79 Å². The lowest BCUT2D eigenvalue weighted by atomic mass is 10.1. The highest BCUT2D eigenvalue weighted by atomic mass is 16.4. The van der Waals surface area contributed by atoms with Crippen LogP contribution in [-0.4, -0.2) is 27.6 Å². The van der Waals surface area contributed by atoms with Crippen LogP contribution in [0.5, 0.6) is 0 Å². The molecule has 0 unspecified atom stereocenters. The summed E-state index contributed by atoms with van der Waals surface area (Å²) in [6.07, 6.45) is 1.79. The monoisotopic (exact) mass is 260 g/mol. The first-order valence-electron chi connectivity index (χ1n) is 6.09. The number of hydrogen-bond donors (Lipinski definition) is 2. The molecule has 0 radical (unpaired) electrons. The molecule has 2 aromatic rings. The number of carbonyl (C=O) groups is 2. The maximum Gasteiger partial charge on any atom is 0.335 e. The quantitative estimate of drug-likeness (QED) is 0.881. The summed E-state index contributed by atoms with van der Waals surface area (Å²) in [7, 11) is 0. The molecule has 0 bridgehead atoms. The third-order valence-electron chi connectivity index (χ3n) is 2.78. The van der Waals surface area contributed by atoms with Gasteiger partial charge in [-0.1, -0.05) is 6.07 Å². The molecule has 5 nitrogen and oxygen atoms in total. The fourth-order valence-electron chi connectivity index (χ4n) is 1.98. The van der Waals surface area contributed by atoms with E-state index in [2.05, 4.69) is 5.32 Å². The van der Waals surface area contributed by atoms with E-state index >= 15 is 0 Å². The van der Waals surface area contributed by atoms with Crippen molar-refractivity contribution in [2.75, 3.05) is 0 Å². The van der Waals surface area contributed by atoms with Crippen molar-refractivity contribution in [3.05, 3.63) is 36.0 Å². The molecule has 0 saturated heterocycles. The van der Waals surface area contributed by atoms with E-state index in [1.165, 1.54) is 0 Å². The van der Waals surface area contributed by atoms with Crippen molar-refractivity contribution in [2.45, 2.75) is 26.4 Å². The molecule has 1 amide bonds. The molecule has 1 aromatic heterocycles. The minimum absolute atomic E-state index is 0.0870. The summed E-state index contributed by atoms with van der Waals surface area (Å²) < 4.78 is 1.75. The van der Waals surface area contributed by atoms with Gasteiger partial charge in [-0.15, -0.1) is 0 Å². The largest absolute Gasteiger partial charge is 0.478 e. The Balaban J connectivity index is 2.30. The van der Waals surface area contributed by atoms with Crippen molar-refractivity contribution in [2.24, 2.45) is 0 Å². The molecule has 2 N–H and O–H groups in total. The zero-order valence-electron chi connectivity index (χ0n) is 10.9. The lowest BCUT2D eigenvalue weighted by molar-refractivity contribution is -0.122. The fourth-order valence-corrected chi connectivity index (χ4v) is 1.98. The van der Waals surface area contributed by atoms with Crippen molar-refractivity contribution in [1.82, 2.24) is 9.88 Å². The SMILES string of the molecule is CC(C)NC(=O)Cn1ccc2ccc(C(=O)O)cc21. The molecule has 100 valence electrons. The van der Waals surface area contributed by atoms with Crippen LogP contribution in [0.4, 0.5) is 0 Å². The summed E-state index contributed by atoms with van der Waals surface area (Å²) in [6, 6.07) is 6.84. The molecule has 1 heterocycles. The van der Waals surface area contributed by atoms with E-state index < -0.39 is 5.97 Å². The van der Waals surface area contributed by atoms with Crippen LogP contribution in [0.1, 0.15) is 24.2 Å². The van der Waals surface area contributed by atoms with Gasteiger partial charge in [0.1, 0.15) is 6.54 Å². The Hall–Kier alpha value is -2.30. The summed E-state index contributed by atoms with van der Waals surface area (Å²) in [4.78, 5) is 22.7. The topological polar surface area (TPSA) is 71.3 Å². The smallest absolute Gasteiger partial charge is 0.335 e. The average molecular weight is 260 g/mol. The first kappa shape index (κ1) is 13.1. The highest BCUT2D eigenvalue weighted by molar-refractivity contribution is 5.94. The second-order valence-electron chi connectivity index (χ2n) is 4.74. The van der Waals surface area contributed by atoms with Crippen LogP contribution in [0.3, 0.4) is 0 Å². The van der Waals surface area contributed by atoms with Crippen molar-refractivity contribution in [1.29, 1.82) is 0 Å². The van der Waals surface area contributed by atoms with Crippen molar-refractivity contribution < 1.29 is 14.7 Å². The zero-order valence-corrected chi connectivity index (χ0v) is 10.9. The van der Waals surface area contributed by atoms with Crippen LogP contribution >= 0.6 is 0 Å². The Kier molecular flexibility index (Phi) is 3.55. The van der Waals surface area contributed by atoms with Crippen molar-refractivity contribution in [3.8, 4) is 0 Å². The maximum absolute atomic E-state index is 11.7. The van der Waals surface area contributed by atoms with E-state index in [0.29, 0.717) is 0 Å². The van der Waals surface area contributed by atoms with Crippen molar-refractivity contribution in [3.63, 3.8) is 0 Å². The minimum Gasteiger partial charge on any atom is -0.478 e. The van der Waals surface area contributed by atoms with Crippen LogP contribution in [-0.2, 0) is 11.3 Å². The van der Waals surface area contributed by atoms with E-state index in [1.807, 2.05) is 19.9 Å². The molecule has 0 saturated carbocycles. The van der Waals surface area contributed by atoms with Gasteiger partial charge in [0.25, 0.3) is 0 Å². The van der Waals surface area contributed by atoms with Gasteiger partial charge in [-0.05, 0) is 37.4 Å². The number of nitrogens with zero attached hydrogens (tertiary/aromatic N) is 1. The van der Waals surface area contributed by atoms with Gasteiger partial charge in [0.15, 0.2) is 0 Å². The molecule has 0 fully saturated rings. The molecule has 0 aliphatic rings. The molecule has 0 aliphatic heterocycles. The van der Waals surface area contributed by atoms with Gasteiger partial charge >= 0.3 is 5.97 Å². The number of aromatic nitrogens is 1. The Labute approximate surface area is 110 Å². The number of nitrogens with one attached hydrogen (secondary N) is 1. The number of carboxylic acids is 1. The Morgan fingerprint density at radius 1 is 1.32 bits per heavy atom. The lowest BCUT2D eigenvalue weighted by Gasteiger charge is -2.10. The number of fused-ring (bicyclic) bond motifs is 1. The van der Waals surface area contributed by atoms with Crippen LogP contribution in [0.25, 0.3) is 10.9 Å². The number of carboxylic acid groups (broad SMARTS) is 1. The number of rotatable bonds is 4. The summed E-state index contributed by atoms with van der Waals surface area (Å²) in [6.45, 7) is 3.98. The van der Waals surface area contributed by atoms with Gasteiger partial charge in [0.2, 0.25) is 5.91 Å². The van der Waals surface area contributed by atoms with E-state index in [-0.39, 0.29) is 24.1 Å². The van der Waals surface area contributed by atoms with Gasteiger partial charge in [-0.2, -0.15) is 0 Å². The molecular weight excluding hydrogens is 244 g/mol. The van der Waals surface area contributed by atoms with Crippen LogP contribution in [0.2, 0.25) is 0 Å². The molecular formula is C14H16N2O3. The molecule has 2 rings (SSSR count). The second kappa shape index (κ2) is 5.14. The Bertz CT molecular complexity index is 629. The van der Waals surface area contributed by atoms with E-state index in [9.17, 15) is 9.59 Å². The minimum atomic E-state index is -0.971. The molecule has 0 aliphatic carbocycles. The van der Waals surface area contributed by atoms with E-state index in [1.54, 1.807) is 29.0 Å². The van der Waals surface area contributed by atoms with Crippen LogP contribution in [0.15, 0.2) is 30.5 Å². The van der Waals surface area contributed by atoms with Gasteiger partial charge in [-0.25, -0.2) is 4.79 Å². The highest BCUT2D eigenvalue weighted by Gasteiger charge is 2.09. The number of hydrogen-bond acceptors (Lipinski definition) is 2. The van der Waals surface area contributed by atoms with Crippen LogP contribution < -0.4 is 5.32 Å². The number of amides is 1. The Morgan fingerprint density at radius 3 is 2.68 bits per heavy atom. The standard InChI is InChI=1S/C14H16N2O3/c1-9(2)15-13(17)8-16-6-5-10-3-4-11(14(18)19)7-12(10)16/h3-7,9H,8H2,1-2H3,(H,15,17)(H,18,19).